The van der Waals surface area contributed by atoms with E-state index in [1.54, 1.807) is 0 Å². The van der Waals surface area contributed by atoms with Crippen molar-refractivity contribution in [1.29, 1.82) is 0 Å². The van der Waals surface area contributed by atoms with Gasteiger partial charge in [-0.25, -0.2) is 0 Å². The van der Waals surface area contributed by atoms with Gasteiger partial charge < -0.3 is 24.7 Å². The van der Waals surface area contributed by atoms with Crippen LogP contribution < -0.4 is 5.32 Å². The van der Waals surface area contributed by atoms with E-state index in [1.807, 2.05) is 14.1 Å². The second-order valence-corrected chi connectivity index (χ2v) is 2.07. The standard InChI is InChI=1S/C2H7N.C2H7O4P/c1-3-2;3-1-2-6-7(4)5/h3H,1-2H3;3-5H,1-2H2. The lowest BCUT2D eigenvalue weighted by atomic mass is 10.8. The topological polar surface area (TPSA) is 82.0 Å². The lowest BCUT2D eigenvalue weighted by Crippen LogP contribution is -1.92. The summed E-state index contributed by atoms with van der Waals surface area (Å²) in [5.41, 5.74) is 0. The Balaban J connectivity index is 0. The first-order valence-corrected chi connectivity index (χ1v) is 3.85. The molecule has 64 valence electrons. The van der Waals surface area contributed by atoms with Gasteiger partial charge in [0.15, 0.2) is 0 Å². The number of aliphatic hydroxyl groups is 1. The van der Waals surface area contributed by atoms with Crippen molar-refractivity contribution in [2.45, 2.75) is 0 Å². The van der Waals surface area contributed by atoms with Gasteiger partial charge in [-0.1, -0.05) is 0 Å². The molecule has 0 aliphatic carbocycles. The summed E-state index contributed by atoms with van der Waals surface area (Å²) in [7, 11) is 1.48. The van der Waals surface area contributed by atoms with Gasteiger partial charge in [0.2, 0.25) is 0 Å². The van der Waals surface area contributed by atoms with E-state index in [4.69, 9.17) is 14.9 Å². The zero-order valence-electron chi connectivity index (χ0n) is 6.11. The van der Waals surface area contributed by atoms with Crippen molar-refractivity contribution in [3.05, 3.63) is 0 Å². The summed E-state index contributed by atoms with van der Waals surface area (Å²) in [6.45, 7) is -0.196. The molecule has 0 amide bonds. The summed E-state index contributed by atoms with van der Waals surface area (Å²) in [4.78, 5) is 15.9. The van der Waals surface area contributed by atoms with Gasteiger partial charge in [0.1, 0.15) is 0 Å². The monoisotopic (exact) mass is 171 g/mol. The minimum absolute atomic E-state index is 0.0152. The molecule has 0 heterocycles. The van der Waals surface area contributed by atoms with Crippen LogP contribution in [0.15, 0.2) is 0 Å². The summed E-state index contributed by atoms with van der Waals surface area (Å²) >= 11 is 0. The summed E-state index contributed by atoms with van der Waals surface area (Å²) in [5, 5.41) is 10.7. The summed E-state index contributed by atoms with van der Waals surface area (Å²) < 4.78 is 4.12. The van der Waals surface area contributed by atoms with E-state index in [9.17, 15) is 0 Å². The molecule has 0 aromatic heterocycles. The first-order valence-electron chi connectivity index (χ1n) is 2.69. The third-order valence-corrected chi connectivity index (χ3v) is 0.712. The molecule has 0 aromatic carbocycles. The highest BCUT2D eigenvalue weighted by Gasteiger charge is 1.94. The average Bonchev–Trinajstić information content (AvgIpc) is 1.85. The smallest absolute Gasteiger partial charge is 0.327 e. The lowest BCUT2D eigenvalue weighted by molar-refractivity contribution is 0.181. The molecule has 0 spiro atoms. The molecule has 0 unspecified atom stereocenters. The first kappa shape index (κ1) is 12.9. The third kappa shape index (κ3) is 24.0. The third-order valence-electron chi connectivity index (χ3n) is 0.298. The molecular formula is C4H14NO4P. The molecule has 0 aliphatic heterocycles. The minimum Gasteiger partial charge on any atom is -0.394 e. The van der Waals surface area contributed by atoms with Crippen LogP contribution in [-0.2, 0) is 4.52 Å². The fourth-order valence-electron chi connectivity index (χ4n) is 0.122. The van der Waals surface area contributed by atoms with Crippen molar-refractivity contribution in [2.75, 3.05) is 27.3 Å². The number of hydrogen-bond acceptors (Lipinski definition) is 5. The van der Waals surface area contributed by atoms with Crippen molar-refractivity contribution in [3.63, 3.8) is 0 Å². The van der Waals surface area contributed by atoms with E-state index in [2.05, 4.69) is 9.84 Å². The Bertz CT molecular complexity index is 54.5. The molecule has 0 aromatic rings. The summed E-state index contributed by atoms with van der Waals surface area (Å²) in [6, 6.07) is 0. The van der Waals surface area contributed by atoms with Gasteiger partial charge in [-0.15, -0.1) is 0 Å². The Kier molecular flexibility index (Phi) is 15.4. The van der Waals surface area contributed by atoms with Crippen molar-refractivity contribution in [3.8, 4) is 0 Å². The van der Waals surface area contributed by atoms with Crippen LogP contribution in [0.1, 0.15) is 0 Å². The van der Waals surface area contributed by atoms with Crippen LogP contribution in [0.3, 0.4) is 0 Å². The second-order valence-electron chi connectivity index (χ2n) is 1.31. The van der Waals surface area contributed by atoms with Gasteiger partial charge in [-0.3, -0.25) is 0 Å². The zero-order valence-corrected chi connectivity index (χ0v) is 7.01. The molecule has 10 heavy (non-hydrogen) atoms. The second kappa shape index (κ2) is 12.0. The quantitative estimate of drug-likeness (QED) is 0.411. The highest BCUT2D eigenvalue weighted by atomic mass is 31.2. The van der Waals surface area contributed by atoms with Gasteiger partial charge in [0, 0.05) is 0 Å². The van der Waals surface area contributed by atoms with E-state index in [-0.39, 0.29) is 13.2 Å². The van der Waals surface area contributed by atoms with E-state index < -0.39 is 8.60 Å². The lowest BCUT2D eigenvalue weighted by Gasteiger charge is -1.97. The van der Waals surface area contributed by atoms with E-state index in [0.717, 1.165) is 0 Å². The maximum atomic E-state index is 7.98. The SMILES string of the molecule is CNC.OCCOP(O)O. The first-order chi connectivity index (χ1) is 4.68. The predicted molar refractivity (Wildman–Crippen MR) is 39.4 cm³/mol. The Morgan fingerprint density at radius 2 is 1.80 bits per heavy atom. The van der Waals surface area contributed by atoms with Gasteiger partial charge in [-0.2, -0.15) is 0 Å². The summed E-state index contributed by atoms with van der Waals surface area (Å²) in [6.07, 6.45) is 0. The summed E-state index contributed by atoms with van der Waals surface area (Å²) in [5.74, 6) is 0. The van der Waals surface area contributed by atoms with Gasteiger partial charge in [0.05, 0.1) is 13.2 Å². The van der Waals surface area contributed by atoms with Crippen LogP contribution in [0.4, 0.5) is 0 Å². The van der Waals surface area contributed by atoms with Crippen molar-refractivity contribution in [2.24, 2.45) is 0 Å². The molecular weight excluding hydrogens is 157 g/mol. The fourth-order valence-corrected chi connectivity index (χ4v) is 0.367. The molecule has 0 saturated heterocycles. The maximum Gasteiger partial charge on any atom is 0.327 e. The highest BCUT2D eigenvalue weighted by Crippen LogP contribution is 2.22. The van der Waals surface area contributed by atoms with Gasteiger partial charge in [0.25, 0.3) is 0 Å². The van der Waals surface area contributed by atoms with Crippen LogP contribution in [0.2, 0.25) is 0 Å². The fraction of sp³-hybridized carbons (Fsp3) is 1.00. The van der Waals surface area contributed by atoms with Crippen LogP contribution in [0.5, 0.6) is 0 Å². The molecule has 4 N–H and O–H groups in total. The highest BCUT2D eigenvalue weighted by molar-refractivity contribution is 7.39. The van der Waals surface area contributed by atoms with Gasteiger partial charge in [-0.05, 0) is 14.1 Å². The van der Waals surface area contributed by atoms with E-state index in [1.165, 1.54) is 0 Å². The van der Waals surface area contributed by atoms with E-state index >= 15 is 0 Å². The number of hydrogen-bond donors (Lipinski definition) is 4. The molecule has 6 heteroatoms. The molecule has 0 fully saturated rings. The van der Waals surface area contributed by atoms with Crippen LogP contribution in [-0.4, -0.2) is 42.2 Å². The molecule has 0 saturated carbocycles. The van der Waals surface area contributed by atoms with Crippen molar-refractivity contribution < 1.29 is 19.4 Å². The van der Waals surface area contributed by atoms with Crippen LogP contribution >= 0.6 is 8.60 Å². The van der Waals surface area contributed by atoms with Gasteiger partial charge >= 0.3 is 8.60 Å². The predicted octanol–water partition coefficient (Wildman–Crippen LogP) is -0.958. The largest absolute Gasteiger partial charge is 0.394 e. The molecule has 0 rings (SSSR count). The van der Waals surface area contributed by atoms with Crippen LogP contribution in [0.25, 0.3) is 0 Å². The van der Waals surface area contributed by atoms with Crippen molar-refractivity contribution in [1.82, 2.24) is 5.32 Å². The molecule has 0 atom stereocenters. The molecule has 0 aliphatic rings. The Labute approximate surface area is 61.6 Å². The van der Waals surface area contributed by atoms with Crippen molar-refractivity contribution >= 4 is 8.60 Å². The number of rotatable bonds is 3. The Hall–Kier alpha value is 0.230. The number of nitrogens with one attached hydrogen (secondary N) is 1. The maximum absolute atomic E-state index is 7.98. The Morgan fingerprint density at radius 3 is 1.90 bits per heavy atom. The number of aliphatic hydroxyl groups excluding tert-OH is 1. The molecule has 0 bridgehead atoms. The normalized spacial score (nSPS) is 9.00. The zero-order chi connectivity index (χ0) is 8.41. The minimum atomic E-state index is -2.27. The molecule has 0 radical (unpaired) electrons. The van der Waals surface area contributed by atoms with Crippen LogP contribution in [0, 0.1) is 0 Å². The molecule has 5 nitrogen and oxygen atoms in total. The van der Waals surface area contributed by atoms with E-state index in [0.29, 0.717) is 0 Å². The average molecular weight is 171 g/mol. The Morgan fingerprint density at radius 1 is 1.40 bits per heavy atom.